The number of aromatic nitrogens is 2. The van der Waals surface area contributed by atoms with Gasteiger partial charge in [0.2, 0.25) is 0 Å². The fourth-order valence-corrected chi connectivity index (χ4v) is 2.77. The first-order valence-corrected chi connectivity index (χ1v) is 6.06. The Morgan fingerprint density at radius 2 is 2.44 bits per heavy atom. The molecule has 0 aliphatic carbocycles. The molecule has 4 nitrogen and oxygen atoms in total. The second-order valence-electron chi connectivity index (χ2n) is 4.00. The summed E-state index contributed by atoms with van der Waals surface area (Å²) in [6, 6.07) is 3.83. The average molecular weight is 282 g/mol. The number of halogens is 1. The van der Waals surface area contributed by atoms with Crippen molar-refractivity contribution in [1.82, 2.24) is 9.38 Å². The largest absolute Gasteiger partial charge is 0.397 e. The molecule has 0 saturated carbocycles. The minimum atomic E-state index is 0.376. The van der Waals surface area contributed by atoms with E-state index in [-0.39, 0.29) is 0 Å². The Kier molecular flexibility index (Phi) is 2.37. The van der Waals surface area contributed by atoms with Crippen LogP contribution in [0.1, 0.15) is 18.2 Å². The number of nitrogens with two attached hydrogens (primary N) is 1. The van der Waals surface area contributed by atoms with Crippen molar-refractivity contribution in [3.8, 4) is 0 Å². The minimum absolute atomic E-state index is 0.376. The fourth-order valence-electron chi connectivity index (χ4n) is 2.17. The third-order valence-electron chi connectivity index (χ3n) is 2.98. The molecule has 1 aliphatic heterocycles. The molecule has 0 spiro atoms. The van der Waals surface area contributed by atoms with E-state index in [0.717, 1.165) is 41.3 Å². The summed E-state index contributed by atoms with van der Waals surface area (Å²) >= 11 is 3.46. The van der Waals surface area contributed by atoms with Crippen LogP contribution in [0.4, 0.5) is 5.69 Å². The average Bonchev–Trinajstić information content (AvgIpc) is 2.86. The van der Waals surface area contributed by atoms with E-state index >= 15 is 0 Å². The lowest BCUT2D eigenvalue weighted by atomic mass is 10.1. The molecule has 3 heterocycles. The van der Waals surface area contributed by atoms with Gasteiger partial charge < -0.3 is 14.9 Å². The van der Waals surface area contributed by atoms with E-state index in [9.17, 15) is 0 Å². The second-order valence-corrected chi connectivity index (χ2v) is 4.75. The lowest BCUT2D eigenvalue weighted by Crippen LogP contribution is -2.04. The third-order valence-corrected chi connectivity index (χ3v) is 3.53. The number of fused-ring (bicyclic) bond motifs is 1. The summed E-state index contributed by atoms with van der Waals surface area (Å²) in [5, 5.41) is 0. The van der Waals surface area contributed by atoms with Crippen LogP contribution < -0.4 is 5.73 Å². The number of hydrogen-bond acceptors (Lipinski definition) is 3. The Morgan fingerprint density at radius 1 is 1.56 bits per heavy atom. The Labute approximate surface area is 102 Å². The van der Waals surface area contributed by atoms with Gasteiger partial charge in [-0.05, 0) is 34.5 Å². The molecular formula is C11H12BrN3O. The molecule has 16 heavy (non-hydrogen) atoms. The molecule has 84 valence electrons. The molecular weight excluding hydrogens is 270 g/mol. The molecule has 2 aromatic heterocycles. The maximum Gasteiger partial charge on any atom is 0.134 e. The van der Waals surface area contributed by atoms with Gasteiger partial charge in [0.1, 0.15) is 15.9 Å². The second kappa shape index (κ2) is 3.75. The molecule has 3 rings (SSSR count). The highest BCUT2D eigenvalue weighted by Crippen LogP contribution is 2.30. The Morgan fingerprint density at radius 3 is 3.19 bits per heavy atom. The standard InChI is InChI=1S/C11H12BrN3O/c12-10-9-8(13)2-1-4-15(9)11(14-10)7-3-5-16-6-7/h1-2,4,7H,3,5-6,13H2. The van der Waals surface area contributed by atoms with E-state index < -0.39 is 0 Å². The van der Waals surface area contributed by atoms with Crippen molar-refractivity contribution >= 4 is 27.1 Å². The first-order valence-electron chi connectivity index (χ1n) is 5.27. The zero-order valence-electron chi connectivity index (χ0n) is 8.69. The lowest BCUT2D eigenvalue weighted by Gasteiger charge is -2.06. The number of pyridine rings is 1. The van der Waals surface area contributed by atoms with Crippen LogP contribution in [0.15, 0.2) is 22.9 Å². The van der Waals surface area contributed by atoms with E-state index in [1.807, 2.05) is 18.3 Å². The lowest BCUT2D eigenvalue weighted by molar-refractivity contribution is 0.193. The number of imidazole rings is 1. The van der Waals surface area contributed by atoms with Crippen LogP contribution in [-0.4, -0.2) is 22.6 Å². The number of nitrogens with zero attached hydrogens (tertiary/aromatic N) is 2. The van der Waals surface area contributed by atoms with Crippen molar-refractivity contribution in [2.24, 2.45) is 0 Å². The van der Waals surface area contributed by atoms with Gasteiger partial charge in [-0.15, -0.1) is 0 Å². The van der Waals surface area contributed by atoms with Gasteiger partial charge >= 0.3 is 0 Å². The maximum atomic E-state index is 5.95. The summed E-state index contributed by atoms with van der Waals surface area (Å²) in [6.45, 7) is 1.57. The van der Waals surface area contributed by atoms with Crippen LogP contribution in [-0.2, 0) is 4.74 Å². The fraction of sp³-hybridized carbons (Fsp3) is 0.364. The smallest absolute Gasteiger partial charge is 0.134 e. The predicted octanol–water partition coefficient (Wildman–Crippen LogP) is 2.18. The van der Waals surface area contributed by atoms with E-state index in [0.29, 0.717) is 5.92 Å². The van der Waals surface area contributed by atoms with Gasteiger partial charge in [-0.1, -0.05) is 0 Å². The number of anilines is 1. The molecule has 1 unspecified atom stereocenters. The van der Waals surface area contributed by atoms with Crippen LogP contribution in [0.25, 0.3) is 5.52 Å². The topological polar surface area (TPSA) is 52.5 Å². The summed E-state index contributed by atoms with van der Waals surface area (Å²) < 4.78 is 8.27. The first-order chi connectivity index (χ1) is 7.77. The maximum absolute atomic E-state index is 5.95. The molecule has 0 amide bonds. The number of hydrogen-bond donors (Lipinski definition) is 1. The molecule has 1 saturated heterocycles. The highest BCUT2D eigenvalue weighted by atomic mass is 79.9. The molecule has 0 radical (unpaired) electrons. The molecule has 1 atom stereocenters. The van der Waals surface area contributed by atoms with Crippen molar-refractivity contribution < 1.29 is 4.74 Å². The summed E-state index contributed by atoms with van der Waals surface area (Å²) in [4.78, 5) is 4.55. The number of nitrogen functional groups attached to an aromatic ring is 1. The highest BCUT2D eigenvalue weighted by molar-refractivity contribution is 9.10. The molecule has 2 N–H and O–H groups in total. The Hall–Kier alpha value is -1.07. The summed E-state index contributed by atoms with van der Waals surface area (Å²) in [5.74, 6) is 1.41. The van der Waals surface area contributed by atoms with Gasteiger partial charge in [-0.2, -0.15) is 0 Å². The first kappa shape index (κ1) is 10.1. The van der Waals surface area contributed by atoms with E-state index in [1.165, 1.54) is 0 Å². The van der Waals surface area contributed by atoms with Gasteiger partial charge in [0.05, 0.1) is 12.3 Å². The van der Waals surface area contributed by atoms with E-state index in [2.05, 4.69) is 25.3 Å². The van der Waals surface area contributed by atoms with Gasteiger partial charge in [0.15, 0.2) is 0 Å². The van der Waals surface area contributed by atoms with Gasteiger partial charge in [0.25, 0.3) is 0 Å². The molecule has 0 bridgehead atoms. The third kappa shape index (κ3) is 1.43. The molecule has 5 heteroatoms. The number of rotatable bonds is 1. The van der Waals surface area contributed by atoms with Gasteiger partial charge in [0, 0.05) is 18.7 Å². The van der Waals surface area contributed by atoms with Crippen LogP contribution >= 0.6 is 15.9 Å². The zero-order chi connectivity index (χ0) is 11.1. The Balaban J connectivity index is 2.22. The summed E-state index contributed by atoms with van der Waals surface area (Å²) in [5.41, 5.74) is 7.64. The summed E-state index contributed by atoms with van der Waals surface area (Å²) in [6.07, 6.45) is 3.03. The zero-order valence-corrected chi connectivity index (χ0v) is 10.3. The van der Waals surface area contributed by atoms with E-state index in [1.54, 1.807) is 0 Å². The highest BCUT2D eigenvalue weighted by Gasteiger charge is 2.23. The monoisotopic (exact) mass is 281 g/mol. The minimum Gasteiger partial charge on any atom is -0.397 e. The van der Waals surface area contributed by atoms with E-state index in [4.69, 9.17) is 10.5 Å². The summed E-state index contributed by atoms with van der Waals surface area (Å²) in [7, 11) is 0. The van der Waals surface area contributed by atoms with Crippen molar-refractivity contribution in [1.29, 1.82) is 0 Å². The normalized spacial score (nSPS) is 20.7. The molecule has 2 aromatic rings. The van der Waals surface area contributed by atoms with Crippen molar-refractivity contribution in [2.75, 3.05) is 18.9 Å². The van der Waals surface area contributed by atoms with Crippen molar-refractivity contribution in [3.63, 3.8) is 0 Å². The predicted molar refractivity (Wildman–Crippen MR) is 65.5 cm³/mol. The van der Waals surface area contributed by atoms with Crippen LogP contribution in [0.5, 0.6) is 0 Å². The van der Waals surface area contributed by atoms with Crippen LogP contribution in [0.2, 0.25) is 0 Å². The van der Waals surface area contributed by atoms with Gasteiger partial charge in [-0.3, -0.25) is 0 Å². The molecule has 1 fully saturated rings. The van der Waals surface area contributed by atoms with Crippen LogP contribution in [0, 0.1) is 0 Å². The quantitative estimate of drug-likeness (QED) is 0.872. The van der Waals surface area contributed by atoms with Crippen molar-refractivity contribution in [3.05, 3.63) is 28.8 Å². The van der Waals surface area contributed by atoms with Crippen LogP contribution in [0.3, 0.4) is 0 Å². The van der Waals surface area contributed by atoms with Crippen molar-refractivity contribution in [2.45, 2.75) is 12.3 Å². The SMILES string of the molecule is Nc1cccn2c(C3CCOC3)nc(Br)c12. The van der Waals surface area contributed by atoms with Gasteiger partial charge in [-0.25, -0.2) is 4.98 Å². The Bertz CT molecular complexity index is 531. The molecule has 1 aliphatic rings. The molecule has 0 aromatic carbocycles. The number of ether oxygens (including phenoxy) is 1.